The Labute approximate surface area is 113 Å². The molecule has 3 saturated heterocycles. The highest BCUT2D eigenvalue weighted by atomic mass is 16.8. The third-order valence-corrected chi connectivity index (χ3v) is 3.64. The van der Waals surface area contributed by atoms with Gasteiger partial charge in [0.25, 0.3) is 0 Å². The molecule has 0 unspecified atom stereocenters. The van der Waals surface area contributed by atoms with Gasteiger partial charge in [-0.2, -0.15) is 0 Å². The van der Waals surface area contributed by atoms with E-state index in [0.29, 0.717) is 13.2 Å². The fourth-order valence-electron chi connectivity index (χ4n) is 2.78. The zero-order chi connectivity index (χ0) is 13.7. The monoisotopic (exact) mass is 274 g/mol. The van der Waals surface area contributed by atoms with E-state index in [1.165, 1.54) is 0 Å². The van der Waals surface area contributed by atoms with Crippen LogP contribution in [0.4, 0.5) is 0 Å². The molecule has 6 heteroatoms. The van der Waals surface area contributed by atoms with Crippen molar-refractivity contribution in [3.8, 4) is 0 Å². The molecule has 110 valence electrons. The van der Waals surface area contributed by atoms with Crippen molar-refractivity contribution >= 4 is 0 Å². The summed E-state index contributed by atoms with van der Waals surface area (Å²) in [5, 5.41) is 0. The first-order chi connectivity index (χ1) is 8.86. The Bertz CT molecular complexity index is 310. The van der Waals surface area contributed by atoms with Gasteiger partial charge in [-0.15, -0.1) is 0 Å². The Kier molecular flexibility index (Phi) is 3.36. The fourth-order valence-corrected chi connectivity index (χ4v) is 2.78. The summed E-state index contributed by atoms with van der Waals surface area (Å²) in [4.78, 5) is 0. The summed E-state index contributed by atoms with van der Waals surface area (Å²) in [6.07, 6.45) is -0.613. The second-order valence-electron chi connectivity index (χ2n) is 6.11. The van der Waals surface area contributed by atoms with E-state index in [9.17, 15) is 0 Å². The summed E-state index contributed by atoms with van der Waals surface area (Å²) < 4.78 is 34.2. The van der Waals surface area contributed by atoms with Crippen molar-refractivity contribution in [3.05, 3.63) is 0 Å². The highest BCUT2D eigenvalue weighted by Gasteiger charge is 2.50. The van der Waals surface area contributed by atoms with Gasteiger partial charge in [-0.05, 0) is 27.7 Å². The largest absolute Gasteiger partial charge is 0.348 e. The van der Waals surface area contributed by atoms with E-state index in [1.54, 1.807) is 0 Å². The second-order valence-corrected chi connectivity index (χ2v) is 6.11. The Morgan fingerprint density at radius 1 is 0.737 bits per heavy atom. The van der Waals surface area contributed by atoms with Crippen LogP contribution in [0.15, 0.2) is 0 Å². The van der Waals surface area contributed by atoms with E-state index in [1.807, 2.05) is 27.7 Å². The van der Waals surface area contributed by atoms with Crippen LogP contribution in [0.25, 0.3) is 0 Å². The molecule has 3 heterocycles. The third kappa shape index (κ3) is 2.79. The average Bonchev–Trinajstić information content (AvgIpc) is 2.96. The summed E-state index contributed by atoms with van der Waals surface area (Å²) in [7, 11) is 0. The van der Waals surface area contributed by atoms with Crippen molar-refractivity contribution in [3.63, 3.8) is 0 Å². The molecule has 0 aliphatic carbocycles. The van der Waals surface area contributed by atoms with Crippen LogP contribution in [0.3, 0.4) is 0 Å². The van der Waals surface area contributed by atoms with Crippen LogP contribution >= 0.6 is 0 Å². The maximum absolute atomic E-state index is 5.85. The van der Waals surface area contributed by atoms with Crippen molar-refractivity contribution in [1.82, 2.24) is 0 Å². The van der Waals surface area contributed by atoms with Crippen LogP contribution in [-0.2, 0) is 28.4 Å². The van der Waals surface area contributed by atoms with E-state index in [0.717, 1.165) is 0 Å². The quantitative estimate of drug-likeness (QED) is 0.749. The van der Waals surface area contributed by atoms with E-state index < -0.39 is 11.6 Å². The first kappa shape index (κ1) is 13.7. The lowest BCUT2D eigenvalue weighted by molar-refractivity contribution is -0.165. The van der Waals surface area contributed by atoms with Crippen molar-refractivity contribution < 1.29 is 28.4 Å². The van der Waals surface area contributed by atoms with Gasteiger partial charge in [0.2, 0.25) is 0 Å². The third-order valence-electron chi connectivity index (χ3n) is 3.64. The SMILES string of the molecule is CC1(C)OC[C@H]([C@H]2OCO[C@@H]2[C@H]2COC(C)(C)O2)O1. The molecule has 0 spiro atoms. The number of hydrogen-bond donors (Lipinski definition) is 0. The van der Waals surface area contributed by atoms with Gasteiger partial charge in [0.1, 0.15) is 31.2 Å². The summed E-state index contributed by atoms with van der Waals surface area (Å²) >= 11 is 0. The van der Waals surface area contributed by atoms with Gasteiger partial charge in [0, 0.05) is 0 Å². The minimum absolute atomic E-state index is 0.130. The maximum atomic E-state index is 5.85. The molecule has 0 aromatic carbocycles. The summed E-state index contributed by atoms with van der Waals surface area (Å²) in [6.45, 7) is 8.87. The van der Waals surface area contributed by atoms with Crippen molar-refractivity contribution in [2.24, 2.45) is 0 Å². The van der Waals surface area contributed by atoms with Gasteiger partial charge in [-0.25, -0.2) is 0 Å². The molecule has 0 bridgehead atoms. The molecule has 4 atom stereocenters. The van der Waals surface area contributed by atoms with Gasteiger partial charge >= 0.3 is 0 Å². The summed E-state index contributed by atoms with van der Waals surface area (Å²) in [5.41, 5.74) is 0. The molecule has 19 heavy (non-hydrogen) atoms. The van der Waals surface area contributed by atoms with E-state index in [4.69, 9.17) is 28.4 Å². The first-order valence-corrected chi connectivity index (χ1v) is 6.73. The van der Waals surface area contributed by atoms with E-state index >= 15 is 0 Å². The van der Waals surface area contributed by atoms with Gasteiger partial charge in [-0.3, -0.25) is 0 Å². The summed E-state index contributed by atoms with van der Waals surface area (Å²) in [5.74, 6) is -1.12. The lowest BCUT2D eigenvalue weighted by Gasteiger charge is -2.27. The molecule has 3 fully saturated rings. The van der Waals surface area contributed by atoms with Gasteiger partial charge < -0.3 is 28.4 Å². The van der Waals surface area contributed by atoms with Gasteiger partial charge in [0.05, 0.1) is 13.2 Å². The molecular weight excluding hydrogens is 252 g/mol. The van der Waals surface area contributed by atoms with E-state index in [-0.39, 0.29) is 31.2 Å². The highest BCUT2D eigenvalue weighted by molar-refractivity contribution is 4.92. The van der Waals surface area contributed by atoms with Crippen molar-refractivity contribution in [2.45, 2.75) is 63.7 Å². The normalized spacial score (nSPS) is 44.8. The van der Waals surface area contributed by atoms with Crippen molar-refractivity contribution in [1.29, 1.82) is 0 Å². The van der Waals surface area contributed by atoms with Crippen LogP contribution in [0.2, 0.25) is 0 Å². The number of rotatable bonds is 2. The van der Waals surface area contributed by atoms with Gasteiger partial charge in [0.15, 0.2) is 11.6 Å². The molecule has 3 aliphatic rings. The molecule has 3 rings (SSSR count). The minimum atomic E-state index is -0.562. The average molecular weight is 274 g/mol. The predicted molar refractivity (Wildman–Crippen MR) is 64.4 cm³/mol. The Hall–Kier alpha value is -0.240. The molecule has 0 amide bonds. The van der Waals surface area contributed by atoms with Crippen LogP contribution in [-0.4, -0.2) is 56.0 Å². The highest BCUT2D eigenvalue weighted by Crippen LogP contribution is 2.34. The molecule has 0 radical (unpaired) electrons. The van der Waals surface area contributed by atoms with Crippen molar-refractivity contribution in [2.75, 3.05) is 20.0 Å². The Balaban J connectivity index is 1.66. The van der Waals surface area contributed by atoms with Crippen LogP contribution in [0.5, 0.6) is 0 Å². The Morgan fingerprint density at radius 3 is 1.47 bits per heavy atom. The number of ether oxygens (including phenoxy) is 6. The zero-order valence-corrected chi connectivity index (χ0v) is 11.9. The number of hydrogen-bond acceptors (Lipinski definition) is 6. The fraction of sp³-hybridized carbons (Fsp3) is 1.00. The van der Waals surface area contributed by atoms with Crippen LogP contribution in [0.1, 0.15) is 27.7 Å². The lowest BCUT2D eigenvalue weighted by Crippen LogP contribution is -2.45. The van der Waals surface area contributed by atoms with Crippen LogP contribution < -0.4 is 0 Å². The molecule has 6 nitrogen and oxygen atoms in total. The van der Waals surface area contributed by atoms with Gasteiger partial charge in [-0.1, -0.05) is 0 Å². The standard InChI is InChI=1S/C13H22O6/c1-12(2)16-5-8(18-12)10-11(15-7-14-10)9-6-17-13(3,4)19-9/h8-11H,5-7H2,1-4H3/t8-,9-,10-,11-/m1/s1. The Morgan fingerprint density at radius 2 is 1.16 bits per heavy atom. The minimum Gasteiger partial charge on any atom is -0.348 e. The molecule has 3 aliphatic heterocycles. The molecule has 0 N–H and O–H groups in total. The molecule has 0 aromatic heterocycles. The first-order valence-electron chi connectivity index (χ1n) is 6.73. The molecular formula is C13H22O6. The molecule has 0 saturated carbocycles. The molecule has 0 aromatic rings. The zero-order valence-electron chi connectivity index (χ0n) is 11.9. The van der Waals surface area contributed by atoms with E-state index in [2.05, 4.69) is 0 Å². The lowest BCUT2D eigenvalue weighted by atomic mass is 10.0. The summed E-state index contributed by atoms with van der Waals surface area (Å²) in [6, 6.07) is 0. The second kappa shape index (κ2) is 4.65. The smallest absolute Gasteiger partial charge is 0.163 e. The van der Waals surface area contributed by atoms with Crippen LogP contribution in [0, 0.1) is 0 Å². The maximum Gasteiger partial charge on any atom is 0.163 e. The topological polar surface area (TPSA) is 55.4 Å². The predicted octanol–water partition coefficient (Wildman–Crippen LogP) is 1.03.